The Bertz CT molecular complexity index is 1350. The monoisotopic (exact) mass is 490 g/mol. The van der Waals surface area contributed by atoms with Crippen LogP contribution in [-0.2, 0) is 40.4 Å². The topological polar surface area (TPSA) is 106 Å². The van der Waals surface area contributed by atoms with Gasteiger partial charge in [0.2, 0.25) is 0 Å². The fraction of sp³-hybridized carbons (Fsp3) is 0.286. The average Bonchev–Trinajstić information content (AvgIpc) is 3.30. The van der Waals surface area contributed by atoms with Crippen molar-refractivity contribution >= 4 is 16.9 Å². The molecule has 0 amide bonds. The van der Waals surface area contributed by atoms with Gasteiger partial charge in [-0.1, -0.05) is 6.07 Å². The van der Waals surface area contributed by atoms with Crippen molar-refractivity contribution in [2.24, 2.45) is 5.73 Å². The van der Waals surface area contributed by atoms with E-state index in [1.807, 2.05) is 36.4 Å². The highest BCUT2D eigenvalue weighted by Crippen LogP contribution is 2.34. The fourth-order valence-electron chi connectivity index (χ4n) is 4.01. The van der Waals surface area contributed by atoms with Crippen LogP contribution in [0.1, 0.15) is 29.5 Å². The normalized spacial score (nSPS) is 11.0. The predicted octanol–water partition coefficient (Wildman–Crippen LogP) is 4.79. The molecule has 188 valence electrons. The highest BCUT2D eigenvalue weighted by atomic mass is 16.5. The maximum Gasteiger partial charge on any atom is 0.310 e. The number of benzene rings is 2. The van der Waals surface area contributed by atoms with Crippen LogP contribution in [0.5, 0.6) is 11.5 Å². The van der Waals surface area contributed by atoms with Gasteiger partial charge in [-0.2, -0.15) is 0 Å². The molecule has 4 aromatic rings. The summed E-state index contributed by atoms with van der Waals surface area (Å²) in [4.78, 5) is 16.4. The number of ether oxygens (including phenoxy) is 4. The SMILES string of the molecule is CCOC(=O)Cc1ccc(OC)cc1OCc1cc(-c2ccnc(CN)c2)c2oc(COC)cc2c1. The van der Waals surface area contributed by atoms with Crippen molar-refractivity contribution in [3.05, 3.63) is 77.3 Å². The van der Waals surface area contributed by atoms with E-state index in [4.69, 9.17) is 29.1 Å². The minimum atomic E-state index is -0.311. The molecule has 0 aliphatic carbocycles. The number of pyridine rings is 1. The van der Waals surface area contributed by atoms with E-state index in [0.29, 0.717) is 31.3 Å². The molecule has 0 aliphatic heterocycles. The first-order valence-electron chi connectivity index (χ1n) is 11.7. The van der Waals surface area contributed by atoms with Crippen LogP contribution < -0.4 is 15.2 Å². The molecule has 0 aliphatic rings. The van der Waals surface area contributed by atoms with Gasteiger partial charge in [-0.25, -0.2) is 0 Å². The molecule has 2 N–H and O–H groups in total. The first-order valence-corrected chi connectivity index (χ1v) is 11.7. The Balaban J connectivity index is 1.69. The number of hydrogen-bond donors (Lipinski definition) is 1. The number of rotatable bonds is 11. The number of nitrogens with zero attached hydrogens (tertiary/aromatic N) is 1. The van der Waals surface area contributed by atoms with E-state index < -0.39 is 0 Å². The van der Waals surface area contributed by atoms with E-state index in [1.165, 1.54) is 0 Å². The second-order valence-corrected chi connectivity index (χ2v) is 8.19. The average molecular weight is 491 g/mol. The molecule has 0 saturated heterocycles. The van der Waals surface area contributed by atoms with Crippen molar-refractivity contribution in [2.45, 2.75) is 33.1 Å². The number of fused-ring (bicyclic) bond motifs is 1. The van der Waals surface area contributed by atoms with Crippen molar-refractivity contribution in [1.29, 1.82) is 0 Å². The van der Waals surface area contributed by atoms with Gasteiger partial charge in [0.1, 0.15) is 36.1 Å². The van der Waals surface area contributed by atoms with Gasteiger partial charge in [0.25, 0.3) is 0 Å². The Morgan fingerprint density at radius 3 is 2.67 bits per heavy atom. The largest absolute Gasteiger partial charge is 0.497 e. The second-order valence-electron chi connectivity index (χ2n) is 8.19. The fourth-order valence-corrected chi connectivity index (χ4v) is 4.01. The summed E-state index contributed by atoms with van der Waals surface area (Å²) < 4.78 is 28.1. The first-order chi connectivity index (χ1) is 17.5. The van der Waals surface area contributed by atoms with Crippen molar-refractivity contribution in [1.82, 2.24) is 4.98 Å². The predicted molar refractivity (Wildman–Crippen MR) is 136 cm³/mol. The molecule has 2 heterocycles. The summed E-state index contributed by atoms with van der Waals surface area (Å²) in [5.74, 6) is 1.61. The van der Waals surface area contributed by atoms with Gasteiger partial charge in [0, 0.05) is 42.4 Å². The molecule has 0 radical (unpaired) electrons. The molecule has 36 heavy (non-hydrogen) atoms. The number of carbonyl (C=O) groups is 1. The smallest absolute Gasteiger partial charge is 0.310 e. The summed E-state index contributed by atoms with van der Waals surface area (Å²) in [7, 11) is 3.22. The molecule has 0 saturated carbocycles. The summed E-state index contributed by atoms with van der Waals surface area (Å²) in [5.41, 5.74) is 10.9. The quantitative estimate of drug-likeness (QED) is 0.299. The van der Waals surface area contributed by atoms with E-state index in [0.717, 1.165) is 44.7 Å². The van der Waals surface area contributed by atoms with E-state index in [2.05, 4.69) is 4.98 Å². The van der Waals surface area contributed by atoms with Crippen LogP contribution in [-0.4, -0.2) is 31.8 Å². The number of furan rings is 1. The lowest BCUT2D eigenvalue weighted by molar-refractivity contribution is -0.142. The van der Waals surface area contributed by atoms with Gasteiger partial charge in [0.15, 0.2) is 0 Å². The minimum Gasteiger partial charge on any atom is -0.497 e. The third kappa shape index (κ3) is 5.84. The van der Waals surface area contributed by atoms with Crippen molar-refractivity contribution in [2.75, 3.05) is 20.8 Å². The summed E-state index contributed by atoms with van der Waals surface area (Å²) in [6.07, 6.45) is 1.85. The Kier molecular flexibility index (Phi) is 8.20. The molecular formula is C28H30N2O6. The third-order valence-electron chi connectivity index (χ3n) is 5.66. The molecule has 0 bridgehead atoms. The van der Waals surface area contributed by atoms with Gasteiger partial charge in [-0.05, 0) is 54.4 Å². The number of esters is 1. The summed E-state index contributed by atoms with van der Waals surface area (Å²) in [6.45, 7) is 3.08. The molecule has 8 heteroatoms. The Hall–Kier alpha value is -3.88. The maximum atomic E-state index is 12.1. The van der Waals surface area contributed by atoms with Gasteiger partial charge in [-0.15, -0.1) is 0 Å². The van der Waals surface area contributed by atoms with Crippen LogP contribution in [0, 0.1) is 0 Å². The van der Waals surface area contributed by atoms with E-state index >= 15 is 0 Å². The number of hydrogen-bond acceptors (Lipinski definition) is 8. The molecule has 0 atom stereocenters. The molecule has 0 fully saturated rings. The van der Waals surface area contributed by atoms with E-state index in [1.54, 1.807) is 39.5 Å². The highest BCUT2D eigenvalue weighted by Gasteiger charge is 2.15. The van der Waals surface area contributed by atoms with Gasteiger partial charge in [-0.3, -0.25) is 9.78 Å². The summed E-state index contributed by atoms with van der Waals surface area (Å²) in [6, 6.07) is 15.3. The number of methoxy groups -OCH3 is 2. The van der Waals surface area contributed by atoms with Crippen LogP contribution in [0.25, 0.3) is 22.1 Å². The lowest BCUT2D eigenvalue weighted by Gasteiger charge is -2.14. The minimum absolute atomic E-state index is 0.110. The molecule has 0 unspecified atom stereocenters. The molecule has 2 aromatic carbocycles. The third-order valence-corrected chi connectivity index (χ3v) is 5.66. The second kappa shape index (κ2) is 11.7. The standard InChI is InChI=1S/C28H30N2O6/c1-4-34-27(31)13-20-5-6-23(33-3)14-26(20)35-16-18-9-21-12-24(17-32-2)36-28(21)25(10-18)19-7-8-30-22(11-19)15-29/h5-12,14H,4,13,15-17,29H2,1-3H3. The lowest BCUT2D eigenvalue weighted by atomic mass is 10.0. The Morgan fingerprint density at radius 2 is 1.92 bits per heavy atom. The maximum absolute atomic E-state index is 12.1. The van der Waals surface area contributed by atoms with Crippen LogP contribution in [0.2, 0.25) is 0 Å². The number of carbonyl (C=O) groups excluding carboxylic acids is 1. The van der Waals surface area contributed by atoms with Gasteiger partial charge >= 0.3 is 5.97 Å². The number of aromatic nitrogens is 1. The Morgan fingerprint density at radius 1 is 1.06 bits per heavy atom. The van der Waals surface area contributed by atoms with Crippen molar-refractivity contribution in [3.63, 3.8) is 0 Å². The molecule has 2 aromatic heterocycles. The molecule has 8 nitrogen and oxygen atoms in total. The van der Waals surface area contributed by atoms with Crippen molar-refractivity contribution in [3.8, 4) is 22.6 Å². The summed E-state index contributed by atoms with van der Waals surface area (Å²) >= 11 is 0. The summed E-state index contributed by atoms with van der Waals surface area (Å²) in [5, 5.41) is 0.932. The lowest BCUT2D eigenvalue weighted by Crippen LogP contribution is -2.09. The van der Waals surface area contributed by atoms with E-state index in [-0.39, 0.29) is 19.0 Å². The molecular weight excluding hydrogens is 460 g/mol. The van der Waals surface area contributed by atoms with Crippen LogP contribution in [0.15, 0.2) is 59.1 Å². The van der Waals surface area contributed by atoms with Crippen LogP contribution >= 0.6 is 0 Å². The Labute approximate surface area is 209 Å². The number of nitrogens with two attached hydrogens (primary N) is 1. The van der Waals surface area contributed by atoms with Crippen LogP contribution in [0.4, 0.5) is 0 Å². The van der Waals surface area contributed by atoms with E-state index in [9.17, 15) is 4.79 Å². The highest BCUT2D eigenvalue weighted by molar-refractivity contribution is 5.93. The zero-order chi connectivity index (χ0) is 25.5. The first kappa shape index (κ1) is 25.2. The van der Waals surface area contributed by atoms with Gasteiger partial charge in [0.05, 0.1) is 25.8 Å². The zero-order valence-corrected chi connectivity index (χ0v) is 20.7. The van der Waals surface area contributed by atoms with Gasteiger partial charge < -0.3 is 29.1 Å². The molecule has 0 spiro atoms. The van der Waals surface area contributed by atoms with Crippen molar-refractivity contribution < 1.29 is 28.2 Å². The molecule has 4 rings (SSSR count). The van der Waals surface area contributed by atoms with Crippen LogP contribution in [0.3, 0.4) is 0 Å². The zero-order valence-electron chi connectivity index (χ0n) is 20.7.